The first kappa shape index (κ1) is 16.2. The average Bonchev–Trinajstić information content (AvgIpc) is 2.33. The number of carboxylic acid groups (broad SMARTS) is 1. The lowest BCUT2D eigenvalue weighted by Crippen LogP contribution is -2.41. The minimum atomic E-state index is -1.13. The Labute approximate surface area is 120 Å². The number of carbonyl (C=O) groups excluding carboxylic acids is 1. The Kier molecular flexibility index (Phi) is 6.23. The Morgan fingerprint density at radius 2 is 2.25 bits per heavy atom. The lowest BCUT2D eigenvalue weighted by molar-refractivity contribution is -0.140. The van der Waals surface area contributed by atoms with E-state index in [4.69, 9.17) is 5.11 Å². The number of H-pyrrole nitrogens is 1. The van der Waals surface area contributed by atoms with Crippen molar-refractivity contribution in [3.8, 4) is 0 Å². The number of thioether (sulfide) groups is 1. The summed E-state index contributed by atoms with van der Waals surface area (Å²) < 4.78 is 0. The SMILES string of the molecule is CCCc1cc(=O)[nH]c(SCC(NC(C)=O)C(=O)O)n1. The lowest BCUT2D eigenvalue weighted by atomic mass is 10.2. The van der Waals surface area contributed by atoms with Crippen molar-refractivity contribution in [2.24, 2.45) is 0 Å². The van der Waals surface area contributed by atoms with Gasteiger partial charge in [0.15, 0.2) is 5.16 Å². The van der Waals surface area contributed by atoms with Crippen molar-refractivity contribution in [2.45, 2.75) is 37.9 Å². The van der Waals surface area contributed by atoms with Gasteiger partial charge in [-0.2, -0.15) is 0 Å². The van der Waals surface area contributed by atoms with Crippen LogP contribution in [-0.2, 0) is 16.0 Å². The van der Waals surface area contributed by atoms with Gasteiger partial charge in [-0.3, -0.25) is 9.59 Å². The van der Waals surface area contributed by atoms with E-state index in [1.807, 2.05) is 6.92 Å². The van der Waals surface area contributed by atoms with E-state index in [9.17, 15) is 14.4 Å². The summed E-state index contributed by atoms with van der Waals surface area (Å²) >= 11 is 1.09. The topological polar surface area (TPSA) is 112 Å². The Morgan fingerprint density at radius 1 is 1.55 bits per heavy atom. The molecular weight excluding hydrogens is 282 g/mol. The molecular formula is C12H17N3O4S. The first-order valence-electron chi connectivity index (χ1n) is 6.15. The Balaban J connectivity index is 2.74. The zero-order chi connectivity index (χ0) is 15.1. The van der Waals surface area contributed by atoms with Gasteiger partial charge in [0.25, 0.3) is 5.56 Å². The quantitative estimate of drug-likeness (QED) is 0.496. The molecule has 1 heterocycles. The van der Waals surface area contributed by atoms with Crippen LogP contribution in [0.3, 0.4) is 0 Å². The van der Waals surface area contributed by atoms with Gasteiger partial charge in [0.2, 0.25) is 5.91 Å². The number of amides is 1. The van der Waals surface area contributed by atoms with Gasteiger partial charge in [-0.1, -0.05) is 25.1 Å². The van der Waals surface area contributed by atoms with Crippen LogP contribution in [0.2, 0.25) is 0 Å². The van der Waals surface area contributed by atoms with E-state index in [-0.39, 0.29) is 11.3 Å². The molecule has 3 N–H and O–H groups in total. The first-order valence-corrected chi connectivity index (χ1v) is 7.14. The number of aliphatic carboxylic acids is 1. The summed E-state index contributed by atoms with van der Waals surface area (Å²) in [5, 5.41) is 11.7. The molecule has 0 aliphatic rings. The fourth-order valence-corrected chi connectivity index (χ4v) is 2.42. The maximum Gasteiger partial charge on any atom is 0.327 e. The van der Waals surface area contributed by atoms with Crippen LogP contribution < -0.4 is 10.9 Å². The van der Waals surface area contributed by atoms with E-state index in [1.54, 1.807) is 0 Å². The monoisotopic (exact) mass is 299 g/mol. The highest BCUT2D eigenvalue weighted by molar-refractivity contribution is 7.99. The largest absolute Gasteiger partial charge is 0.480 e. The predicted octanol–water partition coefficient (Wildman–Crippen LogP) is 0.404. The molecule has 0 aliphatic heterocycles. The second kappa shape index (κ2) is 7.68. The summed E-state index contributed by atoms with van der Waals surface area (Å²) in [6, 6.07) is 0.411. The van der Waals surface area contributed by atoms with Crippen molar-refractivity contribution in [2.75, 3.05) is 5.75 Å². The molecule has 1 unspecified atom stereocenters. The van der Waals surface area contributed by atoms with Crippen molar-refractivity contribution in [3.63, 3.8) is 0 Å². The van der Waals surface area contributed by atoms with Crippen LogP contribution in [0.15, 0.2) is 16.0 Å². The molecule has 0 saturated carbocycles. The van der Waals surface area contributed by atoms with Crippen LogP contribution in [0, 0.1) is 0 Å². The number of aryl methyl sites for hydroxylation is 1. The van der Waals surface area contributed by atoms with E-state index >= 15 is 0 Å². The normalized spacial score (nSPS) is 11.9. The Hall–Kier alpha value is -1.83. The van der Waals surface area contributed by atoms with Gasteiger partial charge < -0.3 is 15.4 Å². The van der Waals surface area contributed by atoms with Crippen LogP contribution in [0.4, 0.5) is 0 Å². The number of carbonyl (C=O) groups is 2. The molecule has 1 aromatic rings. The zero-order valence-corrected chi connectivity index (χ0v) is 12.1. The minimum Gasteiger partial charge on any atom is -0.480 e. The van der Waals surface area contributed by atoms with Gasteiger partial charge in [-0.25, -0.2) is 9.78 Å². The maximum atomic E-state index is 11.4. The molecule has 1 amide bonds. The number of carboxylic acids is 1. The fraction of sp³-hybridized carbons (Fsp3) is 0.500. The van der Waals surface area contributed by atoms with Crippen LogP contribution in [0.5, 0.6) is 0 Å². The molecule has 1 rings (SSSR count). The summed E-state index contributed by atoms with van der Waals surface area (Å²) in [5.74, 6) is -1.45. The number of aromatic nitrogens is 2. The van der Waals surface area contributed by atoms with Gasteiger partial charge in [0.05, 0.1) is 0 Å². The van der Waals surface area contributed by atoms with Gasteiger partial charge in [-0.05, 0) is 6.42 Å². The molecule has 0 bridgehead atoms. The van der Waals surface area contributed by atoms with E-state index in [0.717, 1.165) is 18.2 Å². The highest BCUT2D eigenvalue weighted by Crippen LogP contribution is 2.13. The molecule has 0 saturated heterocycles. The van der Waals surface area contributed by atoms with Gasteiger partial charge in [0.1, 0.15) is 6.04 Å². The van der Waals surface area contributed by atoms with Crippen LogP contribution in [-0.4, -0.2) is 38.7 Å². The molecule has 0 fully saturated rings. The predicted molar refractivity (Wildman–Crippen MR) is 74.8 cm³/mol. The second-order valence-corrected chi connectivity index (χ2v) is 5.20. The smallest absolute Gasteiger partial charge is 0.327 e. The van der Waals surface area contributed by atoms with Gasteiger partial charge >= 0.3 is 5.97 Å². The van der Waals surface area contributed by atoms with E-state index in [2.05, 4.69) is 15.3 Å². The van der Waals surface area contributed by atoms with Gasteiger partial charge in [-0.15, -0.1) is 0 Å². The van der Waals surface area contributed by atoms with Crippen LogP contribution in [0.1, 0.15) is 26.0 Å². The molecule has 0 aromatic carbocycles. The summed E-state index contributed by atoms with van der Waals surface area (Å²) in [6.45, 7) is 3.23. The first-order chi connectivity index (χ1) is 9.42. The fourth-order valence-electron chi connectivity index (χ4n) is 1.52. The van der Waals surface area contributed by atoms with Crippen molar-refractivity contribution in [3.05, 3.63) is 22.1 Å². The van der Waals surface area contributed by atoms with Crippen molar-refractivity contribution in [1.82, 2.24) is 15.3 Å². The number of nitrogens with zero attached hydrogens (tertiary/aromatic N) is 1. The standard InChI is InChI=1S/C12H17N3O4S/c1-3-4-8-5-10(17)15-12(14-8)20-6-9(11(18)19)13-7(2)16/h5,9H,3-4,6H2,1-2H3,(H,13,16)(H,18,19)(H,14,15,17). The molecule has 110 valence electrons. The Morgan fingerprint density at radius 3 is 2.80 bits per heavy atom. The van der Waals surface area contributed by atoms with E-state index < -0.39 is 17.9 Å². The third kappa shape index (κ3) is 5.43. The van der Waals surface area contributed by atoms with Crippen LogP contribution >= 0.6 is 11.8 Å². The number of rotatable bonds is 7. The van der Waals surface area contributed by atoms with Crippen molar-refractivity contribution < 1.29 is 14.7 Å². The third-order valence-corrected chi connectivity index (χ3v) is 3.31. The lowest BCUT2D eigenvalue weighted by Gasteiger charge is -2.12. The maximum absolute atomic E-state index is 11.4. The highest BCUT2D eigenvalue weighted by Gasteiger charge is 2.19. The van der Waals surface area contributed by atoms with E-state index in [1.165, 1.54) is 13.0 Å². The minimum absolute atomic E-state index is 0.0907. The summed E-state index contributed by atoms with van der Waals surface area (Å²) in [4.78, 5) is 40.1. The molecule has 20 heavy (non-hydrogen) atoms. The third-order valence-electron chi connectivity index (χ3n) is 2.34. The molecule has 1 aromatic heterocycles. The number of hydrogen-bond donors (Lipinski definition) is 3. The summed E-state index contributed by atoms with van der Waals surface area (Å²) in [6.07, 6.45) is 1.55. The van der Waals surface area contributed by atoms with Crippen molar-refractivity contribution >= 4 is 23.6 Å². The Bertz CT molecular complexity index is 544. The molecule has 7 nitrogen and oxygen atoms in total. The molecule has 0 radical (unpaired) electrons. The molecule has 8 heteroatoms. The zero-order valence-electron chi connectivity index (χ0n) is 11.3. The number of hydrogen-bond acceptors (Lipinski definition) is 5. The van der Waals surface area contributed by atoms with Crippen LogP contribution in [0.25, 0.3) is 0 Å². The highest BCUT2D eigenvalue weighted by atomic mass is 32.2. The van der Waals surface area contributed by atoms with E-state index in [0.29, 0.717) is 17.3 Å². The molecule has 0 spiro atoms. The summed E-state index contributed by atoms with van der Waals surface area (Å²) in [5.41, 5.74) is 0.405. The molecule has 0 aliphatic carbocycles. The van der Waals surface area contributed by atoms with Gasteiger partial charge in [0, 0.05) is 24.4 Å². The second-order valence-electron chi connectivity index (χ2n) is 4.19. The number of aromatic amines is 1. The summed E-state index contributed by atoms with van der Waals surface area (Å²) in [7, 11) is 0. The molecule has 1 atom stereocenters. The average molecular weight is 299 g/mol. The van der Waals surface area contributed by atoms with Crippen molar-refractivity contribution in [1.29, 1.82) is 0 Å². The number of nitrogens with one attached hydrogen (secondary N) is 2.